The molecule has 0 fully saturated rings. The molecule has 0 N–H and O–H groups in total. The topological polar surface area (TPSA) is 0 Å². The van der Waals surface area contributed by atoms with Crippen molar-refractivity contribution in [1.29, 1.82) is 0 Å². The Kier molecular flexibility index (Phi) is 19.1. The molecule has 0 aliphatic heterocycles. The fourth-order valence-corrected chi connectivity index (χ4v) is 10.7. The van der Waals surface area contributed by atoms with E-state index in [0.29, 0.717) is 0 Å². The first kappa shape index (κ1) is 35.7. The van der Waals surface area contributed by atoms with Gasteiger partial charge in [0, 0.05) is 12.8 Å². The highest BCUT2D eigenvalue weighted by Crippen LogP contribution is 2.56. The van der Waals surface area contributed by atoms with E-state index in [9.17, 15) is 0 Å². The van der Waals surface area contributed by atoms with Crippen LogP contribution in [0.1, 0.15) is 129 Å². The zero-order valence-electron chi connectivity index (χ0n) is 27.7. The van der Waals surface area contributed by atoms with Gasteiger partial charge in [-0.2, -0.15) is 0 Å². The van der Waals surface area contributed by atoms with Gasteiger partial charge in [0.25, 0.3) is 0 Å². The molecule has 0 nitrogen and oxygen atoms in total. The second kappa shape index (κ2) is 23.6. The van der Waals surface area contributed by atoms with Gasteiger partial charge in [0.1, 0.15) is 23.2 Å². The predicted molar refractivity (Wildman–Crippen MR) is 199 cm³/mol. The highest BCUT2D eigenvalue weighted by atomic mass is 31.2. The Balaban J connectivity index is 1.28. The smallest absolute Gasteiger partial charge is 0.0891 e. The Bertz CT molecular complexity index is 1130. The monoisotopic (exact) mass is 605 g/mol. The summed E-state index contributed by atoms with van der Waals surface area (Å²) in [7, 11) is -1.68. The lowest BCUT2D eigenvalue weighted by atomic mass is 10.1. The summed E-state index contributed by atoms with van der Waals surface area (Å²) in [4.78, 5) is 0. The zero-order valence-corrected chi connectivity index (χ0v) is 28.6. The molecule has 0 aliphatic rings. The number of hydrogen-bond acceptors (Lipinski definition) is 0. The summed E-state index contributed by atoms with van der Waals surface area (Å²) < 4.78 is 0. The van der Waals surface area contributed by atoms with Crippen molar-refractivity contribution in [3.05, 3.63) is 91.0 Å². The van der Waals surface area contributed by atoms with E-state index in [1.54, 1.807) is 0 Å². The van der Waals surface area contributed by atoms with E-state index in [1.807, 2.05) is 0 Å². The van der Waals surface area contributed by atoms with Crippen LogP contribution in [-0.4, -0.2) is 6.16 Å². The first-order valence-corrected chi connectivity index (χ1v) is 19.9. The lowest BCUT2D eigenvalue weighted by Gasteiger charge is -2.27. The lowest BCUT2D eigenvalue weighted by Crippen LogP contribution is -2.33. The van der Waals surface area contributed by atoms with Crippen molar-refractivity contribution < 1.29 is 0 Å². The summed E-state index contributed by atoms with van der Waals surface area (Å²) in [5, 5.41) is 4.51. The van der Waals surface area contributed by atoms with Gasteiger partial charge in [0.2, 0.25) is 0 Å². The van der Waals surface area contributed by atoms with Crippen LogP contribution in [0.2, 0.25) is 0 Å². The van der Waals surface area contributed by atoms with Crippen molar-refractivity contribution in [2.45, 2.75) is 129 Å². The van der Waals surface area contributed by atoms with Gasteiger partial charge in [-0.1, -0.05) is 157 Å². The van der Waals surface area contributed by atoms with Gasteiger partial charge in [-0.15, -0.1) is 0 Å². The Hall–Kier alpha value is -2.79. The molecule has 0 radical (unpaired) electrons. The molecule has 0 amide bonds. The van der Waals surface area contributed by atoms with Crippen molar-refractivity contribution in [3.63, 3.8) is 0 Å². The molecule has 1 heteroatoms. The van der Waals surface area contributed by atoms with Crippen LogP contribution in [0.3, 0.4) is 0 Å². The first-order valence-electron chi connectivity index (χ1n) is 17.9. The minimum absolute atomic E-state index is 0.991. The van der Waals surface area contributed by atoms with Gasteiger partial charge in [-0.05, 0) is 73.9 Å². The van der Waals surface area contributed by atoms with Crippen LogP contribution in [0.4, 0.5) is 0 Å². The van der Waals surface area contributed by atoms with E-state index < -0.39 is 7.26 Å². The molecule has 3 aromatic rings. The van der Waals surface area contributed by atoms with E-state index in [4.69, 9.17) is 0 Å². The van der Waals surface area contributed by atoms with Crippen molar-refractivity contribution in [1.82, 2.24) is 0 Å². The fourth-order valence-electron chi connectivity index (χ4n) is 6.24. The largest absolute Gasteiger partial charge is 0.112 e. The van der Waals surface area contributed by atoms with E-state index in [0.717, 1.165) is 12.8 Å². The summed E-state index contributed by atoms with van der Waals surface area (Å²) >= 11 is 0. The SMILES string of the molecule is CCCCCCCCCCCCC#CC#CCCCCCCCCC[P+](c1ccccc1)(c1ccccc1)c1ccccc1. The third-order valence-electron chi connectivity index (χ3n) is 8.78. The molecule has 0 aliphatic carbocycles. The summed E-state index contributed by atoms with van der Waals surface area (Å²) in [6.07, 6.45) is 26.1. The summed E-state index contributed by atoms with van der Waals surface area (Å²) in [6.45, 7) is 2.29. The van der Waals surface area contributed by atoms with Gasteiger partial charge in [-0.25, -0.2) is 0 Å². The Labute approximate surface area is 272 Å². The van der Waals surface area contributed by atoms with Crippen molar-refractivity contribution >= 4 is 23.2 Å². The maximum Gasteiger partial charge on any atom is 0.112 e. The molecule has 0 aromatic heterocycles. The van der Waals surface area contributed by atoms with E-state index in [2.05, 4.69) is 122 Å². The molecule has 0 saturated carbocycles. The maximum atomic E-state index is 3.28. The van der Waals surface area contributed by atoms with Crippen molar-refractivity contribution in [3.8, 4) is 23.7 Å². The quantitative estimate of drug-likeness (QED) is 0.0607. The molecule has 0 heterocycles. The molecule has 0 unspecified atom stereocenters. The van der Waals surface area contributed by atoms with E-state index in [1.165, 1.54) is 131 Å². The van der Waals surface area contributed by atoms with E-state index in [-0.39, 0.29) is 0 Å². The second-order valence-corrected chi connectivity index (χ2v) is 15.9. The van der Waals surface area contributed by atoms with Gasteiger partial charge >= 0.3 is 0 Å². The van der Waals surface area contributed by atoms with Crippen LogP contribution < -0.4 is 15.9 Å². The average Bonchev–Trinajstić information content (AvgIpc) is 3.08. The lowest BCUT2D eigenvalue weighted by molar-refractivity contribution is 0.558. The molecule has 0 atom stereocenters. The van der Waals surface area contributed by atoms with Gasteiger partial charge in [-0.3, -0.25) is 0 Å². The summed E-state index contributed by atoms with van der Waals surface area (Å²) in [5.41, 5.74) is 0. The van der Waals surface area contributed by atoms with Crippen LogP contribution in [0.5, 0.6) is 0 Å². The molecule has 0 spiro atoms. The summed E-state index contributed by atoms with van der Waals surface area (Å²) in [5.74, 6) is 12.7. The Morgan fingerprint density at radius 3 is 1.07 bits per heavy atom. The molecule has 0 saturated heterocycles. The molecule has 3 aromatic carbocycles. The third kappa shape index (κ3) is 13.5. The van der Waals surface area contributed by atoms with E-state index >= 15 is 0 Å². The maximum absolute atomic E-state index is 3.28. The number of unbranched alkanes of at least 4 members (excludes halogenated alkanes) is 17. The van der Waals surface area contributed by atoms with Gasteiger partial charge in [0.05, 0.1) is 6.16 Å². The Morgan fingerprint density at radius 2 is 0.705 bits per heavy atom. The van der Waals surface area contributed by atoms with Crippen molar-refractivity contribution in [2.75, 3.05) is 6.16 Å². The van der Waals surface area contributed by atoms with Crippen LogP contribution in [0, 0.1) is 23.7 Å². The minimum atomic E-state index is -1.68. The average molecular weight is 606 g/mol. The number of hydrogen-bond donors (Lipinski definition) is 0. The number of rotatable bonds is 22. The highest BCUT2D eigenvalue weighted by Gasteiger charge is 2.44. The minimum Gasteiger partial charge on any atom is -0.0891 e. The predicted octanol–water partition coefficient (Wildman–Crippen LogP) is 11.4. The van der Waals surface area contributed by atoms with Crippen LogP contribution >= 0.6 is 7.26 Å². The third-order valence-corrected chi connectivity index (χ3v) is 13.3. The van der Waals surface area contributed by atoms with Crippen LogP contribution in [-0.2, 0) is 0 Å². The van der Waals surface area contributed by atoms with Crippen LogP contribution in [0.25, 0.3) is 0 Å². The first-order chi connectivity index (χ1) is 21.9. The fraction of sp³-hybridized carbons (Fsp3) is 0.488. The van der Waals surface area contributed by atoms with Crippen LogP contribution in [0.15, 0.2) is 91.0 Å². The second-order valence-electron chi connectivity index (χ2n) is 12.3. The number of benzene rings is 3. The molecule has 0 bridgehead atoms. The standard InChI is InChI=1S/C43H58P/c1-2-3-4-5-6-7-8-9-10-11-12-13-14-15-16-17-18-19-20-21-22-23-33-40-44(41-34-27-24-28-35-41,42-36-29-25-30-37-42)43-38-31-26-32-39-43/h24-32,34-39H,2-12,17-23,33,40H2,1H3/q+1. The van der Waals surface area contributed by atoms with Crippen molar-refractivity contribution in [2.24, 2.45) is 0 Å². The highest BCUT2D eigenvalue weighted by molar-refractivity contribution is 7.95. The molecular formula is C43H58P+. The normalized spacial score (nSPS) is 10.9. The van der Waals surface area contributed by atoms with Gasteiger partial charge < -0.3 is 0 Å². The zero-order chi connectivity index (χ0) is 30.8. The van der Waals surface area contributed by atoms with Gasteiger partial charge in [0.15, 0.2) is 0 Å². The Morgan fingerprint density at radius 1 is 0.386 bits per heavy atom. The molecule has 3 rings (SSSR count). The molecule has 44 heavy (non-hydrogen) atoms. The molecular weight excluding hydrogens is 547 g/mol. The summed E-state index contributed by atoms with van der Waals surface area (Å²) in [6, 6.07) is 33.9. The molecule has 234 valence electrons.